The van der Waals surface area contributed by atoms with Gasteiger partial charge in [-0.1, -0.05) is 43.7 Å². The SMILES string of the molecule is CCCn1c(C(=O)c2ccc(C)cc2)ccc1C(CC)C(=O)O. The van der Waals surface area contributed by atoms with Crippen molar-refractivity contribution in [3.63, 3.8) is 0 Å². The Morgan fingerprint density at radius 3 is 2.26 bits per heavy atom. The van der Waals surface area contributed by atoms with Crippen LogP contribution >= 0.6 is 0 Å². The molecule has 2 aromatic rings. The summed E-state index contributed by atoms with van der Waals surface area (Å²) in [5, 5.41) is 9.42. The molecule has 4 heteroatoms. The number of hydrogen-bond acceptors (Lipinski definition) is 2. The number of ketones is 1. The number of carboxylic acid groups (broad SMARTS) is 1. The highest BCUT2D eigenvalue weighted by Gasteiger charge is 2.24. The first-order chi connectivity index (χ1) is 11.0. The first-order valence-corrected chi connectivity index (χ1v) is 8.03. The molecule has 4 nitrogen and oxygen atoms in total. The Hall–Kier alpha value is -2.36. The second-order valence-electron chi connectivity index (χ2n) is 5.79. The molecule has 0 aliphatic carbocycles. The summed E-state index contributed by atoms with van der Waals surface area (Å²) in [6.45, 7) is 6.49. The molecule has 0 spiro atoms. The molecule has 1 aromatic carbocycles. The Bertz CT molecular complexity index is 698. The van der Waals surface area contributed by atoms with Crippen molar-refractivity contribution in [3.05, 3.63) is 58.9 Å². The molecule has 1 aromatic heterocycles. The Morgan fingerprint density at radius 1 is 1.09 bits per heavy atom. The molecular formula is C19H23NO3. The van der Waals surface area contributed by atoms with Crippen LogP contribution in [0.1, 0.15) is 59.9 Å². The van der Waals surface area contributed by atoms with E-state index in [1.54, 1.807) is 12.1 Å². The maximum absolute atomic E-state index is 12.8. The number of aromatic nitrogens is 1. The fourth-order valence-corrected chi connectivity index (χ4v) is 2.82. The lowest BCUT2D eigenvalue weighted by molar-refractivity contribution is -0.139. The Labute approximate surface area is 136 Å². The number of benzene rings is 1. The van der Waals surface area contributed by atoms with Gasteiger partial charge in [-0.25, -0.2) is 0 Å². The number of hydrogen-bond donors (Lipinski definition) is 1. The molecular weight excluding hydrogens is 290 g/mol. The van der Waals surface area contributed by atoms with E-state index in [2.05, 4.69) is 0 Å². The highest BCUT2D eigenvalue weighted by molar-refractivity contribution is 6.08. The van der Waals surface area contributed by atoms with Crippen molar-refractivity contribution < 1.29 is 14.7 Å². The molecule has 0 bridgehead atoms. The number of nitrogens with zero attached hydrogens (tertiary/aromatic N) is 1. The predicted octanol–water partition coefficient (Wildman–Crippen LogP) is 4.02. The molecule has 1 unspecified atom stereocenters. The van der Waals surface area contributed by atoms with Crippen LogP contribution in [-0.4, -0.2) is 21.4 Å². The van der Waals surface area contributed by atoms with E-state index in [1.165, 1.54) is 0 Å². The van der Waals surface area contributed by atoms with Gasteiger partial charge < -0.3 is 9.67 Å². The second kappa shape index (κ2) is 7.27. The van der Waals surface area contributed by atoms with E-state index in [9.17, 15) is 14.7 Å². The van der Waals surface area contributed by atoms with Gasteiger partial charge in [-0.15, -0.1) is 0 Å². The van der Waals surface area contributed by atoms with Crippen molar-refractivity contribution in [2.45, 2.75) is 46.1 Å². The van der Waals surface area contributed by atoms with Gasteiger partial charge in [0.1, 0.15) is 0 Å². The molecule has 0 fully saturated rings. The zero-order valence-corrected chi connectivity index (χ0v) is 13.9. The van der Waals surface area contributed by atoms with Gasteiger partial charge in [0.25, 0.3) is 0 Å². The number of rotatable bonds is 7. The zero-order chi connectivity index (χ0) is 17.0. The summed E-state index contributed by atoms with van der Waals surface area (Å²) in [6.07, 6.45) is 1.34. The van der Waals surface area contributed by atoms with Crippen LogP contribution in [0.15, 0.2) is 36.4 Å². The van der Waals surface area contributed by atoms with Gasteiger partial charge in [0, 0.05) is 17.8 Å². The summed E-state index contributed by atoms with van der Waals surface area (Å²) < 4.78 is 1.87. The predicted molar refractivity (Wildman–Crippen MR) is 90.0 cm³/mol. The average Bonchev–Trinajstić information content (AvgIpc) is 2.92. The van der Waals surface area contributed by atoms with Crippen LogP contribution in [0.4, 0.5) is 0 Å². The van der Waals surface area contributed by atoms with E-state index in [1.807, 2.05) is 49.6 Å². The van der Waals surface area contributed by atoms with E-state index in [0.717, 1.165) is 12.0 Å². The van der Waals surface area contributed by atoms with Crippen LogP contribution in [0.3, 0.4) is 0 Å². The van der Waals surface area contributed by atoms with Gasteiger partial charge >= 0.3 is 5.97 Å². The minimum absolute atomic E-state index is 0.0649. The summed E-state index contributed by atoms with van der Waals surface area (Å²) in [5.41, 5.74) is 2.99. The molecule has 0 saturated carbocycles. The molecule has 0 radical (unpaired) electrons. The molecule has 122 valence electrons. The minimum Gasteiger partial charge on any atom is -0.481 e. The number of carboxylic acids is 1. The molecule has 1 N–H and O–H groups in total. The molecule has 0 amide bonds. The van der Waals surface area contributed by atoms with Crippen LogP contribution in [-0.2, 0) is 11.3 Å². The molecule has 1 heterocycles. The summed E-state index contributed by atoms with van der Waals surface area (Å²) in [7, 11) is 0. The van der Waals surface area contributed by atoms with Gasteiger partial charge in [0.05, 0.1) is 11.6 Å². The third kappa shape index (κ3) is 3.52. The monoisotopic (exact) mass is 313 g/mol. The van der Waals surface area contributed by atoms with E-state index in [4.69, 9.17) is 0 Å². The molecule has 0 aliphatic rings. The first kappa shape index (κ1) is 17.0. The number of aryl methyl sites for hydroxylation is 1. The van der Waals surface area contributed by atoms with Crippen LogP contribution in [0.2, 0.25) is 0 Å². The van der Waals surface area contributed by atoms with Crippen molar-refractivity contribution >= 4 is 11.8 Å². The van der Waals surface area contributed by atoms with E-state index in [0.29, 0.717) is 29.9 Å². The number of aliphatic carboxylic acids is 1. The van der Waals surface area contributed by atoms with Crippen LogP contribution in [0, 0.1) is 6.92 Å². The molecule has 1 atom stereocenters. The van der Waals surface area contributed by atoms with Gasteiger partial charge in [-0.3, -0.25) is 9.59 Å². The molecule has 0 saturated heterocycles. The van der Waals surface area contributed by atoms with Crippen LogP contribution in [0.5, 0.6) is 0 Å². The van der Waals surface area contributed by atoms with Crippen molar-refractivity contribution in [2.24, 2.45) is 0 Å². The minimum atomic E-state index is -0.850. The van der Waals surface area contributed by atoms with Gasteiger partial charge in [-0.2, -0.15) is 0 Å². The fraction of sp³-hybridized carbons (Fsp3) is 0.368. The van der Waals surface area contributed by atoms with Crippen molar-refractivity contribution in [3.8, 4) is 0 Å². The lowest BCUT2D eigenvalue weighted by Gasteiger charge is -2.16. The molecule has 0 aliphatic heterocycles. The number of carbonyl (C=O) groups excluding carboxylic acids is 1. The van der Waals surface area contributed by atoms with Crippen LogP contribution < -0.4 is 0 Å². The van der Waals surface area contributed by atoms with E-state index < -0.39 is 11.9 Å². The highest BCUT2D eigenvalue weighted by atomic mass is 16.4. The summed E-state index contributed by atoms with van der Waals surface area (Å²) >= 11 is 0. The zero-order valence-electron chi connectivity index (χ0n) is 13.9. The number of carbonyl (C=O) groups is 2. The van der Waals surface area contributed by atoms with Crippen molar-refractivity contribution in [1.29, 1.82) is 0 Å². The van der Waals surface area contributed by atoms with Crippen LogP contribution in [0.25, 0.3) is 0 Å². The summed E-state index contributed by atoms with van der Waals surface area (Å²) in [4.78, 5) is 24.3. The topological polar surface area (TPSA) is 59.3 Å². The third-order valence-corrected chi connectivity index (χ3v) is 4.07. The van der Waals surface area contributed by atoms with E-state index >= 15 is 0 Å². The van der Waals surface area contributed by atoms with Gasteiger partial charge in [-0.05, 0) is 31.9 Å². The standard InChI is InChI=1S/C19H23NO3/c1-4-12-20-16(15(5-2)19(22)23)10-11-17(20)18(21)14-8-6-13(3)7-9-14/h6-11,15H,4-5,12H2,1-3H3,(H,22,23). The van der Waals surface area contributed by atoms with Crippen molar-refractivity contribution in [2.75, 3.05) is 0 Å². The average molecular weight is 313 g/mol. The lowest BCUT2D eigenvalue weighted by atomic mass is 10.0. The van der Waals surface area contributed by atoms with E-state index in [-0.39, 0.29) is 5.78 Å². The second-order valence-corrected chi connectivity index (χ2v) is 5.79. The van der Waals surface area contributed by atoms with Gasteiger partial charge in [0.2, 0.25) is 5.78 Å². The highest BCUT2D eigenvalue weighted by Crippen LogP contribution is 2.25. The largest absolute Gasteiger partial charge is 0.481 e. The third-order valence-electron chi connectivity index (χ3n) is 4.07. The lowest BCUT2D eigenvalue weighted by Crippen LogP contribution is -2.18. The normalized spacial score (nSPS) is 12.1. The van der Waals surface area contributed by atoms with Crippen molar-refractivity contribution in [1.82, 2.24) is 4.57 Å². The van der Waals surface area contributed by atoms with Gasteiger partial charge in [0.15, 0.2) is 0 Å². The Kier molecular flexibility index (Phi) is 5.37. The summed E-state index contributed by atoms with van der Waals surface area (Å²) in [5.74, 6) is -1.50. The molecule has 23 heavy (non-hydrogen) atoms. The first-order valence-electron chi connectivity index (χ1n) is 8.03. The maximum Gasteiger partial charge on any atom is 0.312 e. The fourth-order valence-electron chi connectivity index (χ4n) is 2.82. The summed E-state index contributed by atoms with van der Waals surface area (Å²) in [6, 6.07) is 11.0. The molecule has 2 rings (SSSR count). The smallest absolute Gasteiger partial charge is 0.312 e. The maximum atomic E-state index is 12.8. The quantitative estimate of drug-likeness (QED) is 0.786. The Balaban J connectivity index is 2.46. The Morgan fingerprint density at radius 2 is 1.74 bits per heavy atom.